The van der Waals surface area contributed by atoms with E-state index in [2.05, 4.69) is 0 Å². The van der Waals surface area contributed by atoms with Gasteiger partial charge in [-0.2, -0.15) is 0 Å². The van der Waals surface area contributed by atoms with Crippen LogP contribution in [-0.4, -0.2) is 34.7 Å². The van der Waals surface area contributed by atoms with E-state index in [4.69, 9.17) is 20.2 Å². The molecule has 0 saturated heterocycles. The second-order valence-corrected chi connectivity index (χ2v) is 6.53. The number of rotatable bonds is 5. The van der Waals surface area contributed by atoms with Crippen LogP contribution in [0.1, 0.15) is 21.5 Å². The molecule has 5 nitrogen and oxygen atoms in total. The summed E-state index contributed by atoms with van der Waals surface area (Å²) in [6.45, 7) is 3.69. The van der Waals surface area contributed by atoms with Crippen LogP contribution < -0.4 is 0 Å². The fourth-order valence-electron chi connectivity index (χ4n) is 1.61. The summed E-state index contributed by atoms with van der Waals surface area (Å²) in [6, 6.07) is 2.82. The van der Waals surface area contributed by atoms with Gasteiger partial charge in [-0.1, -0.05) is 6.07 Å². The number of halogens is 1. The molecule has 0 aliphatic heterocycles. The first-order valence-corrected chi connectivity index (χ1v) is 7.80. The lowest BCUT2D eigenvalue weighted by atomic mass is 10.1. The highest BCUT2D eigenvalue weighted by atomic mass is 35.7. The Balaban J connectivity index is 3.11. The number of hydrogen-bond donors (Lipinski definition) is 0. The quantitative estimate of drug-likeness (QED) is 0.473. The second-order valence-electron chi connectivity index (χ2n) is 4.00. The van der Waals surface area contributed by atoms with Crippen LogP contribution >= 0.6 is 10.7 Å². The minimum Gasteiger partial charge on any atom is -0.460 e. The number of esters is 1. The van der Waals surface area contributed by atoms with E-state index in [0.29, 0.717) is 11.1 Å². The average Bonchev–Trinajstić information content (AvgIpc) is 2.27. The Kier molecular flexibility index (Phi) is 5.34. The maximum absolute atomic E-state index is 11.8. The Morgan fingerprint density at radius 1 is 1.21 bits per heavy atom. The van der Waals surface area contributed by atoms with Crippen LogP contribution in [0.5, 0.6) is 0 Å². The van der Waals surface area contributed by atoms with E-state index in [9.17, 15) is 13.2 Å². The van der Waals surface area contributed by atoms with Crippen LogP contribution in [0.2, 0.25) is 0 Å². The van der Waals surface area contributed by atoms with E-state index in [-0.39, 0.29) is 23.7 Å². The number of methoxy groups -OCH3 is 1. The van der Waals surface area contributed by atoms with Gasteiger partial charge in [-0.25, -0.2) is 13.2 Å². The van der Waals surface area contributed by atoms with Crippen molar-refractivity contribution in [3.8, 4) is 0 Å². The number of aryl methyl sites for hydroxylation is 2. The van der Waals surface area contributed by atoms with E-state index in [1.807, 2.05) is 0 Å². The fourth-order valence-corrected chi connectivity index (χ4v) is 2.81. The van der Waals surface area contributed by atoms with Crippen molar-refractivity contribution in [2.45, 2.75) is 18.7 Å². The highest BCUT2D eigenvalue weighted by molar-refractivity contribution is 8.13. The molecule has 1 rings (SSSR count). The lowest BCUT2D eigenvalue weighted by molar-refractivity contribution is 0.0387. The van der Waals surface area contributed by atoms with Crippen molar-refractivity contribution in [2.75, 3.05) is 20.3 Å². The van der Waals surface area contributed by atoms with Gasteiger partial charge in [-0.3, -0.25) is 0 Å². The van der Waals surface area contributed by atoms with E-state index in [1.165, 1.54) is 13.2 Å². The summed E-state index contributed by atoms with van der Waals surface area (Å²) < 4.78 is 32.5. The summed E-state index contributed by atoms with van der Waals surface area (Å²) in [4.78, 5) is 11.7. The maximum Gasteiger partial charge on any atom is 0.338 e. The van der Waals surface area contributed by atoms with Gasteiger partial charge in [0.2, 0.25) is 0 Å². The van der Waals surface area contributed by atoms with Crippen LogP contribution in [0.15, 0.2) is 17.0 Å². The monoisotopic (exact) mass is 306 g/mol. The molecule has 0 aromatic heterocycles. The second kappa shape index (κ2) is 6.36. The van der Waals surface area contributed by atoms with Crippen molar-refractivity contribution in [1.82, 2.24) is 0 Å². The third-order valence-electron chi connectivity index (χ3n) is 2.53. The summed E-state index contributed by atoms with van der Waals surface area (Å²) in [6.07, 6.45) is 0. The first kappa shape index (κ1) is 15.9. The fraction of sp³-hybridized carbons (Fsp3) is 0.417. The molecule has 0 N–H and O–H groups in total. The van der Waals surface area contributed by atoms with E-state index in [0.717, 1.165) is 0 Å². The molecular weight excluding hydrogens is 292 g/mol. The SMILES string of the molecule is COCCOC(=O)c1cc(S(=O)(=O)Cl)c(C)cc1C. The number of carbonyl (C=O) groups excluding carboxylic acids is 1. The van der Waals surface area contributed by atoms with Gasteiger partial charge in [0, 0.05) is 17.8 Å². The van der Waals surface area contributed by atoms with Gasteiger partial charge in [-0.15, -0.1) is 0 Å². The lowest BCUT2D eigenvalue weighted by Crippen LogP contribution is -2.12. The zero-order valence-electron chi connectivity index (χ0n) is 10.9. The van der Waals surface area contributed by atoms with Crippen molar-refractivity contribution in [2.24, 2.45) is 0 Å². The molecule has 0 fully saturated rings. The third kappa shape index (κ3) is 4.19. The van der Waals surface area contributed by atoms with Crippen LogP contribution in [0, 0.1) is 13.8 Å². The summed E-state index contributed by atoms with van der Waals surface area (Å²) >= 11 is 0. The first-order valence-electron chi connectivity index (χ1n) is 5.49. The molecule has 0 atom stereocenters. The Bertz CT molecular complexity index is 580. The predicted octanol–water partition coefficient (Wildman–Crippen LogP) is 2.03. The molecule has 0 unspecified atom stereocenters. The largest absolute Gasteiger partial charge is 0.460 e. The van der Waals surface area contributed by atoms with Crippen molar-refractivity contribution in [3.05, 3.63) is 28.8 Å². The van der Waals surface area contributed by atoms with Gasteiger partial charge in [0.25, 0.3) is 9.05 Å². The van der Waals surface area contributed by atoms with Gasteiger partial charge >= 0.3 is 5.97 Å². The summed E-state index contributed by atoms with van der Waals surface area (Å²) in [7, 11) is 2.92. The molecule has 0 aliphatic carbocycles. The van der Waals surface area contributed by atoms with Gasteiger partial charge in [-0.05, 0) is 31.0 Å². The van der Waals surface area contributed by atoms with E-state index < -0.39 is 15.0 Å². The van der Waals surface area contributed by atoms with Crippen molar-refractivity contribution in [3.63, 3.8) is 0 Å². The zero-order chi connectivity index (χ0) is 14.6. The Morgan fingerprint density at radius 3 is 2.37 bits per heavy atom. The summed E-state index contributed by atoms with van der Waals surface area (Å²) in [5.74, 6) is -0.601. The zero-order valence-corrected chi connectivity index (χ0v) is 12.5. The van der Waals surface area contributed by atoms with Crippen LogP contribution in [0.25, 0.3) is 0 Å². The Hall–Kier alpha value is -1.11. The van der Waals surface area contributed by atoms with Gasteiger partial charge in [0.15, 0.2) is 0 Å². The predicted molar refractivity (Wildman–Crippen MR) is 71.1 cm³/mol. The molecule has 19 heavy (non-hydrogen) atoms. The number of carbonyl (C=O) groups is 1. The molecule has 0 bridgehead atoms. The molecule has 0 radical (unpaired) electrons. The maximum atomic E-state index is 11.8. The van der Waals surface area contributed by atoms with Crippen molar-refractivity contribution < 1.29 is 22.7 Å². The van der Waals surface area contributed by atoms with Gasteiger partial charge < -0.3 is 9.47 Å². The molecule has 1 aromatic carbocycles. The minimum absolute atomic E-state index is 0.0848. The van der Waals surface area contributed by atoms with Crippen LogP contribution in [0.3, 0.4) is 0 Å². The van der Waals surface area contributed by atoms with Crippen molar-refractivity contribution in [1.29, 1.82) is 0 Å². The highest BCUT2D eigenvalue weighted by Gasteiger charge is 2.19. The summed E-state index contributed by atoms with van der Waals surface area (Å²) in [5.41, 5.74) is 1.30. The Morgan fingerprint density at radius 2 is 1.84 bits per heavy atom. The smallest absolute Gasteiger partial charge is 0.338 e. The molecular formula is C12H15ClO5S. The van der Waals surface area contributed by atoms with Crippen LogP contribution in [0.4, 0.5) is 0 Å². The number of benzene rings is 1. The molecule has 1 aromatic rings. The van der Waals surface area contributed by atoms with E-state index >= 15 is 0 Å². The standard InChI is InChI=1S/C12H15ClO5S/c1-8-6-9(2)11(19(13,15)16)7-10(8)12(14)18-5-4-17-3/h6-7H,4-5H2,1-3H3. The molecule has 0 saturated carbocycles. The molecule has 0 spiro atoms. The molecule has 7 heteroatoms. The average molecular weight is 307 g/mol. The summed E-state index contributed by atoms with van der Waals surface area (Å²) in [5, 5.41) is 0. The molecule has 0 aliphatic rings. The number of ether oxygens (including phenoxy) is 2. The topological polar surface area (TPSA) is 69.7 Å². The molecule has 0 heterocycles. The van der Waals surface area contributed by atoms with Gasteiger partial charge in [0.05, 0.1) is 17.1 Å². The van der Waals surface area contributed by atoms with Crippen molar-refractivity contribution >= 4 is 25.7 Å². The first-order chi connectivity index (χ1) is 8.77. The lowest BCUT2D eigenvalue weighted by Gasteiger charge is -2.10. The van der Waals surface area contributed by atoms with Crippen LogP contribution in [-0.2, 0) is 18.5 Å². The third-order valence-corrected chi connectivity index (χ3v) is 3.99. The van der Waals surface area contributed by atoms with Gasteiger partial charge in [0.1, 0.15) is 6.61 Å². The Labute approximate surface area is 116 Å². The van der Waals surface area contributed by atoms with E-state index in [1.54, 1.807) is 19.9 Å². The minimum atomic E-state index is -3.89. The molecule has 0 amide bonds. The highest BCUT2D eigenvalue weighted by Crippen LogP contribution is 2.24. The molecule has 106 valence electrons. The normalized spacial score (nSPS) is 11.4. The number of hydrogen-bond acceptors (Lipinski definition) is 5.